The van der Waals surface area contributed by atoms with Crippen molar-refractivity contribution in [2.24, 2.45) is 0 Å². The van der Waals surface area contributed by atoms with Gasteiger partial charge in [-0.3, -0.25) is 0 Å². The summed E-state index contributed by atoms with van der Waals surface area (Å²) in [4.78, 5) is 0. The zero-order valence-electron chi connectivity index (χ0n) is 17.3. The first-order valence-electron chi connectivity index (χ1n) is 11.0. The van der Waals surface area contributed by atoms with Crippen molar-refractivity contribution in [3.05, 3.63) is 0 Å². The van der Waals surface area contributed by atoms with Gasteiger partial charge in [0.05, 0.1) is 25.4 Å². The average Bonchev–Trinajstić information content (AvgIpc) is 3.55. The van der Waals surface area contributed by atoms with Gasteiger partial charge in [-0.25, -0.2) is 0 Å². The van der Waals surface area contributed by atoms with Crippen LogP contribution in [0, 0.1) is 0 Å². The maximum Gasteiger partial charge on any atom is 0.179 e. The molecule has 0 saturated carbocycles. The van der Waals surface area contributed by atoms with E-state index in [0.29, 0.717) is 12.2 Å². The highest BCUT2D eigenvalue weighted by molar-refractivity contribution is 6.87. The molecule has 5 heteroatoms. The molecule has 2 atom stereocenters. The van der Waals surface area contributed by atoms with E-state index in [0.717, 1.165) is 13.2 Å². The van der Waals surface area contributed by atoms with E-state index in [1.54, 1.807) is 0 Å². The Balaban J connectivity index is 1.82. The van der Waals surface area contributed by atoms with Crippen LogP contribution in [-0.2, 0) is 13.6 Å². The molecular weight excluding hydrogens is 344 g/mol. The molecule has 2 saturated heterocycles. The predicted octanol–water partition coefficient (Wildman–Crippen LogP) is 6.11. The van der Waals surface area contributed by atoms with E-state index in [1.807, 2.05) is 0 Å². The van der Waals surface area contributed by atoms with Crippen molar-refractivity contribution in [1.82, 2.24) is 0 Å². The summed E-state index contributed by atoms with van der Waals surface area (Å²) < 4.78 is 18.0. The number of hydrogen-bond acceptors (Lipinski definition) is 3. The normalized spacial score (nSPS) is 23.0. The van der Waals surface area contributed by atoms with Gasteiger partial charge in [0.1, 0.15) is 0 Å². The summed E-state index contributed by atoms with van der Waals surface area (Å²) in [7, 11) is -3.09. The molecule has 148 valence electrons. The first kappa shape index (κ1) is 21.6. The van der Waals surface area contributed by atoms with E-state index in [1.165, 1.54) is 74.8 Å². The lowest BCUT2D eigenvalue weighted by molar-refractivity contribution is 0.389. The molecule has 2 unspecified atom stereocenters. The molecule has 0 aromatic rings. The molecule has 0 spiro atoms. The molecule has 2 heterocycles. The molecule has 2 rings (SSSR count). The highest BCUT2D eigenvalue weighted by atomic mass is 28.4. The van der Waals surface area contributed by atoms with Gasteiger partial charge in [0.25, 0.3) is 0 Å². The smallest absolute Gasteiger partial charge is 0.179 e. The molecule has 0 radical (unpaired) electrons. The van der Waals surface area contributed by atoms with Gasteiger partial charge in [0.15, 0.2) is 16.6 Å². The van der Waals surface area contributed by atoms with Crippen molar-refractivity contribution >= 4 is 16.6 Å². The second-order valence-electron chi connectivity index (χ2n) is 8.28. The summed E-state index contributed by atoms with van der Waals surface area (Å²) in [6.45, 7) is 11.6. The number of unbranched alkanes of at least 4 members (excludes halogenated alkanes) is 2. The van der Waals surface area contributed by atoms with E-state index in [2.05, 4.69) is 27.7 Å². The summed E-state index contributed by atoms with van der Waals surface area (Å²) in [6, 6.07) is 7.94. The third kappa shape index (κ3) is 7.45. The highest BCUT2D eigenvalue weighted by Gasteiger charge is 2.41. The predicted molar refractivity (Wildman–Crippen MR) is 111 cm³/mol. The van der Waals surface area contributed by atoms with Crippen LogP contribution < -0.4 is 0 Å². The first-order valence-corrected chi connectivity index (χ1v) is 16.1. The Hall–Kier alpha value is 0.314. The zero-order valence-corrected chi connectivity index (χ0v) is 19.3. The number of rotatable bonds is 16. The maximum atomic E-state index is 7.28. The molecule has 25 heavy (non-hydrogen) atoms. The van der Waals surface area contributed by atoms with Crippen molar-refractivity contribution in [3.63, 3.8) is 0 Å². The van der Waals surface area contributed by atoms with Gasteiger partial charge in [-0.1, -0.05) is 53.4 Å². The van der Waals surface area contributed by atoms with Crippen LogP contribution in [0.5, 0.6) is 0 Å². The van der Waals surface area contributed by atoms with Gasteiger partial charge >= 0.3 is 0 Å². The van der Waals surface area contributed by atoms with Crippen LogP contribution in [0.15, 0.2) is 0 Å². The quantitative estimate of drug-likeness (QED) is 0.182. The standard InChI is InChI=1S/C20H42O3Si2/c1-5-24(6-2,15-11-9-13-19-17-21-19)23-25(7-3,8-4)16-12-10-14-20-18-22-20/h19-20H,5-18H2,1-4H3. The van der Waals surface area contributed by atoms with Gasteiger partial charge in [-0.2, -0.15) is 0 Å². The van der Waals surface area contributed by atoms with Crippen molar-refractivity contribution < 1.29 is 13.6 Å². The summed E-state index contributed by atoms with van der Waals surface area (Å²) >= 11 is 0. The minimum Gasteiger partial charge on any atom is -0.455 e. The van der Waals surface area contributed by atoms with Gasteiger partial charge in [-0.15, -0.1) is 0 Å². The third-order valence-electron chi connectivity index (χ3n) is 6.63. The Morgan fingerprint density at radius 1 is 0.680 bits per heavy atom. The molecule has 0 bridgehead atoms. The van der Waals surface area contributed by atoms with Crippen molar-refractivity contribution in [2.75, 3.05) is 13.2 Å². The van der Waals surface area contributed by atoms with E-state index in [-0.39, 0.29) is 0 Å². The lowest BCUT2D eigenvalue weighted by Gasteiger charge is -2.41. The van der Waals surface area contributed by atoms with E-state index in [9.17, 15) is 0 Å². The van der Waals surface area contributed by atoms with Crippen LogP contribution in [0.25, 0.3) is 0 Å². The minimum absolute atomic E-state index is 0.593. The van der Waals surface area contributed by atoms with Gasteiger partial charge in [0.2, 0.25) is 0 Å². The Kier molecular flexibility index (Phi) is 9.16. The van der Waals surface area contributed by atoms with Crippen molar-refractivity contribution in [2.45, 2.75) is 115 Å². The molecular formula is C20H42O3Si2. The average molecular weight is 387 g/mol. The largest absolute Gasteiger partial charge is 0.455 e. The molecule has 0 aromatic heterocycles. The minimum atomic E-state index is -1.55. The SMILES string of the molecule is CC[Si](CC)(CCCCC1CO1)O[Si](CC)(CC)CCCCC1CO1. The summed E-state index contributed by atoms with van der Waals surface area (Å²) in [5, 5.41) is 0. The van der Waals surface area contributed by atoms with Crippen LogP contribution in [0.1, 0.15) is 66.2 Å². The molecule has 2 aliphatic heterocycles. The molecule has 0 aromatic carbocycles. The van der Waals surface area contributed by atoms with Crippen LogP contribution >= 0.6 is 0 Å². The second-order valence-corrected chi connectivity index (χ2v) is 17.7. The van der Waals surface area contributed by atoms with E-state index >= 15 is 0 Å². The second kappa shape index (κ2) is 10.6. The number of hydrogen-bond donors (Lipinski definition) is 0. The van der Waals surface area contributed by atoms with E-state index in [4.69, 9.17) is 13.6 Å². The Morgan fingerprint density at radius 3 is 1.32 bits per heavy atom. The molecule has 2 fully saturated rings. The Bertz CT molecular complexity index is 328. The summed E-state index contributed by atoms with van der Waals surface area (Å²) in [5.41, 5.74) is 0. The fourth-order valence-corrected chi connectivity index (χ4v) is 15.2. The van der Waals surface area contributed by atoms with Gasteiger partial charge in [0, 0.05) is 0 Å². The molecule has 3 nitrogen and oxygen atoms in total. The van der Waals surface area contributed by atoms with Crippen LogP contribution in [0.4, 0.5) is 0 Å². The van der Waals surface area contributed by atoms with Crippen molar-refractivity contribution in [1.29, 1.82) is 0 Å². The Morgan fingerprint density at radius 2 is 1.04 bits per heavy atom. The van der Waals surface area contributed by atoms with Crippen molar-refractivity contribution in [3.8, 4) is 0 Å². The van der Waals surface area contributed by atoms with Gasteiger partial charge < -0.3 is 13.6 Å². The maximum absolute atomic E-state index is 7.28. The summed E-state index contributed by atoms with van der Waals surface area (Å²) in [5.74, 6) is 0. The fourth-order valence-electron chi connectivity index (χ4n) is 4.16. The molecule has 0 aliphatic carbocycles. The van der Waals surface area contributed by atoms with Gasteiger partial charge in [-0.05, 0) is 49.1 Å². The van der Waals surface area contributed by atoms with Crippen LogP contribution in [-0.4, -0.2) is 42.1 Å². The van der Waals surface area contributed by atoms with E-state index < -0.39 is 16.6 Å². The van der Waals surface area contributed by atoms with Crippen LogP contribution in [0.2, 0.25) is 36.3 Å². The Labute approximate surface area is 158 Å². The third-order valence-corrected chi connectivity index (χ3v) is 17.8. The topological polar surface area (TPSA) is 34.3 Å². The monoisotopic (exact) mass is 386 g/mol. The molecule has 0 N–H and O–H groups in total. The lowest BCUT2D eigenvalue weighted by Crippen LogP contribution is -2.50. The highest BCUT2D eigenvalue weighted by Crippen LogP contribution is 2.35. The molecule has 2 aliphatic rings. The molecule has 0 amide bonds. The zero-order chi connectivity index (χ0) is 18.2. The van der Waals surface area contributed by atoms with Crippen LogP contribution in [0.3, 0.4) is 0 Å². The first-order chi connectivity index (χ1) is 12.1. The summed E-state index contributed by atoms with van der Waals surface area (Å²) in [6.07, 6.45) is 9.09. The lowest BCUT2D eigenvalue weighted by atomic mass is 10.2. The fraction of sp³-hybridized carbons (Fsp3) is 1.00. The number of epoxide rings is 2. The number of ether oxygens (including phenoxy) is 2.